The van der Waals surface area contributed by atoms with E-state index in [1.807, 2.05) is 38.1 Å². The number of nitrogens with zero attached hydrogens (tertiary/aromatic N) is 3. The maximum Gasteiger partial charge on any atom is 0.297 e. The summed E-state index contributed by atoms with van der Waals surface area (Å²) < 4.78 is 11.6. The van der Waals surface area contributed by atoms with Gasteiger partial charge in [0.15, 0.2) is 5.43 Å². The van der Waals surface area contributed by atoms with Crippen molar-refractivity contribution in [3.8, 4) is 5.75 Å². The molecule has 4 aromatic rings. The number of carbonyl (C=O) groups is 1. The van der Waals surface area contributed by atoms with Gasteiger partial charge in [-0.25, -0.2) is 0 Å². The van der Waals surface area contributed by atoms with Crippen LogP contribution in [0.4, 0.5) is 5.13 Å². The van der Waals surface area contributed by atoms with Gasteiger partial charge in [0, 0.05) is 0 Å². The molecule has 0 radical (unpaired) electrons. The van der Waals surface area contributed by atoms with Gasteiger partial charge in [-0.05, 0) is 42.7 Å². The number of amides is 1. The first kappa shape index (κ1) is 20.4. The van der Waals surface area contributed by atoms with Gasteiger partial charge in [0.2, 0.25) is 10.9 Å². The van der Waals surface area contributed by atoms with Crippen LogP contribution < -0.4 is 15.1 Å². The third-order valence-electron chi connectivity index (χ3n) is 5.41. The van der Waals surface area contributed by atoms with Crippen molar-refractivity contribution in [3.05, 3.63) is 80.6 Å². The molecule has 0 aliphatic carbocycles. The molecule has 3 heterocycles. The summed E-state index contributed by atoms with van der Waals surface area (Å²) in [5.74, 6) is 0.401. The van der Waals surface area contributed by atoms with E-state index in [1.54, 1.807) is 24.3 Å². The molecular formula is C24H21N3O4S. The van der Waals surface area contributed by atoms with Gasteiger partial charge >= 0.3 is 0 Å². The molecule has 1 aliphatic heterocycles. The van der Waals surface area contributed by atoms with Gasteiger partial charge in [-0.1, -0.05) is 49.4 Å². The number of ether oxygens (including phenoxy) is 1. The van der Waals surface area contributed by atoms with Crippen molar-refractivity contribution in [1.29, 1.82) is 0 Å². The molecule has 0 saturated carbocycles. The highest BCUT2D eigenvalue weighted by Gasteiger charge is 2.45. The lowest BCUT2D eigenvalue weighted by atomic mass is 9.98. The Balaban J connectivity index is 1.69. The first-order chi connectivity index (χ1) is 15.6. The number of benzene rings is 2. The summed E-state index contributed by atoms with van der Waals surface area (Å²) in [5.41, 5.74) is 1.27. The Kier molecular flexibility index (Phi) is 5.22. The van der Waals surface area contributed by atoms with Crippen molar-refractivity contribution in [2.24, 2.45) is 0 Å². The van der Waals surface area contributed by atoms with E-state index in [2.05, 4.69) is 10.2 Å². The minimum Gasteiger partial charge on any atom is -0.494 e. The molecule has 0 fully saturated rings. The highest BCUT2D eigenvalue weighted by atomic mass is 32.1. The van der Waals surface area contributed by atoms with E-state index in [9.17, 15) is 9.59 Å². The second kappa shape index (κ2) is 8.20. The number of fused-ring (bicyclic) bond motifs is 2. The lowest BCUT2D eigenvalue weighted by Crippen LogP contribution is -2.29. The zero-order valence-electron chi connectivity index (χ0n) is 17.7. The Bertz CT molecular complexity index is 1360. The van der Waals surface area contributed by atoms with Crippen LogP contribution in [0.1, 0.15) is 53.0 Å². The van der Waals surface area contributed by atoms with Crippen LogP contribution in [0.5, 0.6) is 5.75 Å². The summed E-state index contributed by atoms with van der Waals surface area (Å²) in [6, 6.07) is 13.8. The highest BCUT2D eigenvalue weighted by Crippen LogP contribution is 2.42. The molecule has 1 unspecified atom stereocenters. The van der Waals surface area contributed by atoms with Gasteiger partial charge in [0.1, 0.15) is 16.3 Å². The van der Waals surface area contributed by atoms with Crippen molar-refractivity contribution in [2.75, 3.05) is 11.5 Å². The molecule has 1 atom stereocenters. The fourth-order valence-electron chi connectivity index (χ4n) is 3.88. The summed E-state index contributed by atoms with van der Waals surface area (Å²) in [6.45, 7) is 4.65. The highest BCUT2D eigenvalue weighted by molar-refractivity contribution is 7.15. The lowest BCUT2D eigenvalue weighted by Gasteiger charge is -2.22. The standard InChI is InChI=1S/C24H21N3O4S/c1-3-13-30-15-11-9-14(10-12-15)20-19-21(28)16-7-5-6-8-17(16)31-22(19)23(29)27(20)24-26-25-18(4-2)32-24/h5-12,20H,3-4,13H2,1-2H3. The van der Waals surface area contributed by atoms with Gasteiger partial charge in [-0.2, -0.15) is 0 Å². The topological polar surface area (TPSA) is 85.5 Å². The van der Waals surface area contributed by atoms with Crippen LogP contribution in [0, 0.1) is 0 Å². The number of hydrogen-bond acceptors (Lipinski definition) is 7. The average molecular weight is 448 g/mol. The first-order valence-electron chi connectivity index (χ1n) is 10.6. The quantitative estimate of drug-likeness (QED) is 0.424. The van der Waals surface area contributed by atoms with E-state index in [-0.39, 0.29) is 11.2 Å². The predicted molar refractivity (Wildman–Crippen MR) is 123 cm³/mol. The number of aryl methyl sites for hydroxylation is 1. The summed E-state index contributed by atoms with van der Waals surface area (Å²) in [5, 5.41) is 10.1. The molecule has 162 valence electrons. The van der Waals surface area contributed by atoms with Crippen LogP contribution in [-0.4, -0.2) is 22.7 Å². The minimum atomic E-state index is -0.656. The third kappa shape index (κ3) is 3.27. The first-order valence-corrected chi connectivity index (χ1v) is 11.4. The molecule has 2 aromatic heterocycles. The van der Waals surface area contributed by atoms with Gasteiger partial charge in [-0.3, -0.25) is 14.5 Å². The molecule has 0 saturated heterocycles. The molecule has 5 rings (SSSR count). The van der Waals surface area contributed by atoms with Crippen molar-refractivity contribution in [1.82, 2.24) is 10.2 Å². The van der Waals surface area contributed by atoms with E-state index < -0.39 is 11.9 Å². The molecule has 1 aliphatic rings. The molecule has 0 bridgehead atoms. The predicted octanol–water partition coefficient (Wildman–Crippen LogP) is 4.75. The number of para-hydroxylation sites is 1. The van der Waals surface area contributed by atoms with E-state index in [0.717, 1.165) is 22.7 Å². The van der Waals surface area contributed by atoms with Crippen molar-refractivity contribution >= 4 is 33.3 Å². The zero-order chi connectivity index (χ0) is 22.2. The van der Waals surface area contributed by atoms with E-state index >= 15 is 0 Å². The van der Waals surface area contributed by atoms with Crippen LogP contribution in [0.2, 0.25) is 0 Å². The second-order valence-corrected chi connectivity index (χ2v) is 8.54. The number of carbonyl (C=O) groups excluding carboxylic acids is 1. The Labute approximate surface area is 188 Å². The van der Waals surface area contributed by atoms with Crippen LogP contribution in [-0.2, 0) is 6.42 Å². The summed E-state index contributed by atoms with van der Waals surface area (Å²) in [7, 11) is 0. The molecule has 0 spiro atoms. The third-order valence-corrected chi connectivity index (χ3v) is 6.48. The van der Waals surface area contributed by atoms with Crippen LogP contribution in [0.25, 0.3) is 11.0 Å². The van der Waals surface area contributed by atoms with Gasteiger partial charge in [0.25, 0.3) is 5.91 Å². The number of rotatable bonds is 6. The van der Waals surface area contributed by atoms with Gasteiger partial charge in [0.05, 0.1) is 23.6 Å². The van der Waals surface area contributed by atoms with E-state index in [0.29, 0.717) is 34.7 Å². The molecule has 32 heavy (non-hydrogen) atoms. The summed E-state index contributed by atoms with van der Waals surface area (Å²) >= 11 is 1.34. The Morgan fingerprint density at radius 1 is 1.06 bits per heavy atom. The Hall–Kier alpha value is -3.52. The molecule has 2 aromatic carbocycles. The van der Waals surface area contributed by atoms with Gasteiger partial charge in [-0.15, -0.1) is 10.2 Å². The van der Waals surface area contributed by atoms with E-state index in [4.69, 9.17) is 9.15 Å². The zero-order valence-corrected chi connectivity index (χ0v) is 18.5. The van der Waals surface area contributed by atoms with Gasteiger partial charge < -0.3 is 9.15 Å². The van der Waals surface area contributed by atoms with Crippen LogP contribution >= 0.6 is 11.3 Å². The summed E-state index contributed by atoms with van der Waals surface area (Å²) in [4.78, 5) is 28.5. The molecular weight excluding hydrogens is 426 g/mol. The Morgan fingerprint density at radius 3 is 2.56 bits per heavy atom. The average Bonchev–Trinajstić information content (AvgIpc) is 3.41. The molecule has 7 nitrogen and oxygen atoms in total. The number of hydrogen-bond donors (Lipinski definition) is 0. The molecule has 0 N–H and O–H groups in total. The van der Waals surface area contributed by atoms with Crippen LogP contribution in [0.15, 0.2) is 57.7 Å². The number of anilines is 1. The van der Waals surface area contributed by atoms with Crippen molar-refractivity contribution in [3.63, 3.8) is 0 Å². The smallest absolute Gasteiger partial charge is 0.297 e. The summed E-state index contributed by atoms with van der Waals surface area (Å²) in [6.07, 6.45) is 1.62. The molecule has 8 heteroatoms. The molecule has 1 amide bonds. The van der Waals surface area contributed by atoms with Crippen molar-refractivity contribution in [2.45, 2.75) is 32.7 Å². The minimum absolute atomic E-state index is 0.0539. The van der Waals surface area contributed by atoms with Crippen LogP contribution in [0.3, 0.4) is 0 Å². The normalized spacial score (nSPS) is 15.4. The maximum atomic E-state index is 13.5. The fraction of sp³-hybridized carbons (Fsp3) is 0.250. The maximum absolute atomic E-state index is 13.5. The fourth-order valence-corrected chi connectivity index (χ4v) is 4.69. The van der Waals surface area contributed by atoms with E-state index in [1.165, 1.54) is 16.2 Å². The Morgan fingerprint density at radius 2 is 1.84 bits per heavy atom. The SMILES string of the molecule is CCCOc1ccc(C2c3c(oc4ccccc4c3=O)C(=O)N2c2nnc(CC)s2)cc1. The largest absolute Gasteiger partial charge is 0.494 e. The number of aromatic nitrogens is 2. The lowest BCUT2D eigenvalue weighted by molar-refractivity contribution is 0.0970. The second-order valence-electron chi connectivity index (χ2n) is 7.50. The monoisotopic (exact) mass is 447 g/mol. The van der Waals surface area contributed by atoms with Crippen molar-refractivity contribution < 1.29 is 13.9 Å².